The molecule has 0 aromatic heterocycles. The number of nitrogens with zero attached hydrogens (tertiary/aromatic N) is 1. The lowest BCUT2D eigenvalue weighted by Crippen LogP contribution is -2.49. The summed E-state index contributed by atoms with van der Waals surface area (Å²) in [7, 11) is 0. The van der Waals surface area contributed by atoms with Gasteiger partial charge < -0.3 is 9.64 Å². The van der Waals surface area contributed by atoms with E-state index in [9.17, 15) is 4.79 Å². The van der Waals surface area contributed by atoms with E-state index >= 15 is 0 Å². The highest BCUT2D eigenvalue weighted by atomic mass is 16.5. The van der Waals surface area contributed by atoms with Crippen molar-refractivity contribution in [1.82, 2.24) is 4.90 Å². The molecule has 3 heteroatoms. The lowest BCUT2D eigenvalue weighted by molar-refractivity contribution is -0.137. The van der Waals surface area contributed by atoms with Crippen LogP contribution in [0.1, 0.15) is 6.42 Å². The van der Waals surface area contributed by atoms with E-state index in [-0.39, 0.29) is 11.9 Å². The molecule has 0 spiro atoms. The molecule has 2 heterocycles. The van der Waals surface area contributed by atoms with Crippen molar-refractivity contribution in [2.75, 3.05) is 19.8 Å². The Bertz CT molecular complexity index is 200. The van der Waals surface area contributed by atoms with Crippen LogP contribution in [0, 0.1) is 0 Å². The zero-order valence-corrected chi connectivity index (χ0v) is 6.32. The van der Waals surface area contributed by atoms with Crippen molar-refractivity contribution in [2.45, 2.75) is 12.5 Å². The number of morpholine rings is 1. The number of rotatable bonds is 0. The third-order valence-corrected chi connectivity index (χ3v) is 2.14. The van der Waals surface area contributed by atoms with Gasteiger partial charge >= 0.3 is 0 Å². The molecule has 60 valence electrons. The number of hydrogen-bond acceptors (Lipinski definition) is 2. The quantitative estimate of drug-likeness (QED) is 0.464. The fourth-order valence-electron chi connectivity index (χ4n) is 1.54. The SMILES string of the molecule is O=C1CC=C[C@@H]2COCCN12. The number of carbonyl (C=O) groups is 1. The number of hydrogen-bond donors (Lipinski definition) is 0. The first-order valence-corrected chi connectivity index (χ1v) is 3.92. The Hall–Kier alpha value is -0.830. The van der Waals surface area contributed by atoms with Crippen LogP contribution in [0.4, 0.5) is 0 Å². The van der Waals surface area contributed by atoms with E-state index in [1.165, 1.54) is 0 Å². The summed E-state index contributed by atoms with van der Waals surface area (Å²) in [4.78, 5) is 13.1. The largest absolute Gasteiger partial charge is 0.377 e. The molecular formula is C8H11NO2. The van der Waals surface area contributed by atoms with E-state index in [1.807, 2.05) is 11.0 Å². The third-order valence-electron chi connectivity index (χ3n) is 2.14. The van der Waals surface area contributed by atoms with Gasteiger partial charge in [0, 0.05) is 13.0 Å². The van der Waals surface area contributed by atoms with Crippen LogP contribution in [0.25, 0.3) is 0 Å². The topological polar surface area (TPSA) is 29.5 Å². The van der Waals surface area contributed by atoms with Gasteiger partial charge in [-0.05, 0) is 0 Å². The fraction of sp³-hybridized carbons (Fsp3) is 0.625. The molecule has 1 fully saturated rings. The number of ether oxygens (including phenoxy) is 1. The van der Waals surface area contributed by atoms with E-state index < -0.39 is 0 Å². The Kier molecular flexibility index (Phi) is 1.66. The number of amides is 1. The number of carbonyl (C=O) groups excluding carboxylic acids is 1. The molecule has 0 radical (unpaired) electrons. The van der Waals surface area contributed by atoms with Crippen molar-refractivity contribution in [2.24, 2.45) is 0 Å². The molecule has 0 N–H and O–H groups in total. The second-order valence-corrected chi connectivity index (χ2v) is 2.86. The standard InChI is InChI=1S/C8H11NO2/c10-8-3-1-2-7-6-11-5-4-9(7)8/h1-2,7H,3-6H2/t7-/m1/s1. The lowest BCUT2D eigenvalue weighted by atomic mass is 10.1. The summed E-state index contributed by atoms with van der Waals surface area (Å²) in [6.45, 7) is 2.12. The highest BCUT2D eigenvalue weighted by Crippen LogP contribution is 2.14. The summed E-state index contributed by atoms with van der Waals surface area (Å²) in [6, 6.07) is 0.213. The minimum absolute atomic E-state index is 0.213. The summed E-state index contributed by atoms with van der Waals surface area (Å²) < 4.78 is 5.24. The highest BCUT2D eigenvalue weighted by molar-refractivity contribution is 5.79. The molecule has 0 saturated carbocycles. The van der Waals surface area contributed by atoms with Crippen LogP contribution in [0.15, 0.2) is 12.2 Å². The summed E-state index contributed by atoms with van der Waals surface area (Å²) in [5.41, 5.74) is 0. The summed E-state index contributed by atoms with van der Waals surface area (Å²) in [5.74, 6) is 0.237. The van der Waals surface area contributed by atoms with Gasteiger partial charge in [0.2, 0.25) is 5.91 Å². The van der Waals surface area contributed by atoms with Crippen molar-refractivity contribution in [3.05, 3.63) is 12.2 Å². The monoisotopic (exact) mass is 153 g/mol. The van der Waals surface area contributed by atoms with Gasteiger partial charge in [-0.25, -0.2) is 0 Å². The average Bonchev–Trinajstić information content (AvgIpc) is 2.06. The van der Waals surface area contributed by atoms with E-state index in [1.54, 1.807) is 0 Å². The average molecular weight is 153 g/mol. The Labute approximate surface area is 65.6 Å². The van der Waals surface area contributed by atoms with E-state index in [2.05, 4.69) is 6.08 Å². The summed E-state index contributed by atoms with van der Waals surface area (Å²) in [5, 5.41) is 0. The minimum Gasteiger partial charge on any atom is -0.377 e. The Morgan fingerprint density at radius 3 is 3.36 bits per heavy atom. The second-order valence-electron chi connectivity index (χ2n) is 2.86. The van der Waals surface area contributed by atoms with Gasteiger partial charge in [-0.2, -0.15) is 0 Å². The first-order chi connectivity index (χ1) is 5.38. The van der Waals surface area contributed by atoms with Crippen LogP contribution < -0.4 is 0 Å². The molecular weight excluding hydrogens is 142 g/mol. The van der Waals surface area contributed by atoms with Crippen molar-refractivity contribution in [3.8, 4) is 0 Å². The molecule has 1 amide bonds. The molecule has 0 aliphatic carbocycles. The minimum atomic E-state index is 0.213. The van der Waals surface area contributed by atoms with E-state index in [4.69, 9.17) is 4.74 Å². The molecule has 1 saturated heterocycles. The van der Waals surface area contributed by atoms with Gasteiger partial charge in [-0.1, -0.05) is 12.2 Å². The van der Waals surface area contributed by atoms with E-state index in [0.29, 0.717) is 19.6 Å². The number of fused-ring (bicyclic) bond motifs is 1. The summed E-state index contributed by atoms with van der Waals surface area (Å²) >= 11 is 0. The van der Waals surface area contributed by atoms with Crippen LogP contribution in [0.3, 0.4) is 0 Å². The molecule has 0 bridgehead atoms. The summed E-state index contributed by atoms with van der Waals surface area (Å²) in [6.07, 6.45) is 4.55. The molecule has 2 rings (SSSR count). The molecule has 11 heavy (non-hydrogen) atoms. The van der Waals surface area contributed by atoms with Crippen LogP contribution in [0.5, 0.6) is 0 Å². The molecule has 1 atom stereocenters. The smallest absolute Gasteiger partial charge is 0.227 e. The van der Waals surface area contributed by atoms with Gasteiger partial charge in [0.1, 0.15) is 0 Å². The fourth-order valence-corrected chi connectivity index (χ4v) is 1.54. The maximum absolute atomic E-state index is 11.2. The highest BCUT2D eigenvalue weighted by Gasteiger charge is 2.26. The van der Waals surface area contributed by atoms with Crippen LogP contribution in [-0.2, 0) is 9.53 Å². The van der Waals surface area contributed by atoms with Gasteiger partial charge in [-0.15, -0.1) is 0 Å². The zero-order valence-electron chi connectivity index (χ0n) is 6.32. The van der Waals surface area contributed by atoms with Gasteiger partial charge in [0.25, 0.3) is 0 Å². The lowest BCUT2D eigenvalue weighted by Gasteiger charge is -2.35. The maximum atomic E-state index is 11.2. The van der Waals surface area contributed by atoms with Crippen molar-refractivity contribution in [3.63, 3.8) is 0 Å². The second kappa shape index (κ2) is 2.66. The van der Waals surface area contributed by atoms with Crippen molar-refractivity contribution < 1.29 is 9.53 Å². The third kappa shape index (κ3) is 1.16. The maximum Gasteiger partial charge on any atom is 0.227 e. The van der Waals surface area contributed by atoms with Crippen LogP contribution >= 0.6 is 0 Å². The first-order valence-electron chi connectivity index (χ1n) is 3.92. The predicted octanol–water partition coefficient (Wildman–Crippen LogP) is 0.174. The van der Waals surface area contributed by atoms with Crippen molar-refractivity contribution >= 4 is 5.91 Å². The zero-order chi connectivity index (χ0) is 7.68. The Morgan fingerprint density at radius 2 is 2.55 bits per heavy atom. The van der Waals surface area contributed by atoms with Crippen LogP contribution in [0.2, 0.25) is 0 Å². The first kappa shape index (κ1) is 6.85. The Morgan fingerprint density at radius 1 is 1.64 bits per heavy atom. The normalized spacial score (nSPS) is 30.4. The molecule has 0 aromatic carbocycles. The molecule has 2 aliphatic heterocycles. The molecule has 3 nitrogen and oxygen atoms in total. The predicted molar refractivity (Wildman–Crippen MR) is 40.1 cm³/mol. The molecule has 0 aromatic rings. The molecule has 2 aliphatic rings. The van der Waals surface area contributed by atoms with Gasteiger partial charge in [-0.3, -0.25) is 4.79 Å². The van der Waals surface area contributed by atoms with E-state index in [0.717, 1.165) is 6.54 Å². The van der Waals surface area contributed by atoms with Crippen molar-refractivity contribution in [1.29, 1.82) is 0 Å². The van der Waals surface area contributed by atoms with Gasteiger partial charge in [0.15, 0.2) is 0 Å². The Balaban J connectivity index is 2.15. The molecule has 0 unspecified atom stereocenters. The van der Waals surface area contributed by atoms with Crippen LogP contribution in [-0.4, -0.2) is 36.6 Å². The van der Waals surface area contributed by atoms with Gasteiger partial charge in [0.05, 0.1) is 19.3 Å².